The maximum atomic E-state index is 10.1. The Kier molecular flexibility index (Phi) is 5.66. The molecule has 0 saturated heterocycles. The number of benzene rings is 1. The Hall–Kier alpha value is -1.33. The maximum absolute atomic E-state index is 10.1. The molecule has 15 heavy (non-hydrogen) atoms. The summed E-state index contributed by atoms with van der Waals surface area (Å²) in [5, 5.41) is 10.5. The summed E-state index contributed by atoms with van der Waals surface area (Å²) in [6.07, 6.45) is -1.04. The van der Waals surface area contributed by atoms with E-state index in [0.29, 0.717) is 5.69 Å². The summed E-state index contributed by atoms with van der Waals surface area (Å²) in [4.78, 5) is 18.7. The Morgan fingerprint density at radius 3 is 1.93 bits per heavy atom. The minimum absolute atomic E-state index is 0.593. The summed E-state index contributed by atoms with van der Waals surface area (Å²) >= 11 is 0. The highest BCUT2D eigenvalue weighted by Gasteiger charge is 2.03. The van der Waals surface area contributed by atoms with Crippen LogP contribution in [0.25, 0.3) is 0 Å². The van der Waals surface area contributed by atoms with Gasteiger partial charge in [-0.1, -0.05) is 18.2 Å². The number of carbonyl (C=O) groups is 1. The largest absolute Gasteiger partial charge is 0.465 e. The molecule has 4 nitrogen and oxygen atoms in total. The number of anilines is 1. The maximum Gasteiger partial charge on any atom is 0.409 e. The molecule has 0 saturated carbocycles. The minimum Gasteiger partial charge on any atom is -0.465 e. The first-order valence-corrected chi connectivity index (χ1v) is 8.01. The van der Waals surface area contributed by atoms with Gasteiger partial charge in [-0.05, 0) is 31.8 Å². The van der Waals surface area contributed by atoms with Crippen LogP contribution >= 0.6 is 0 Å². The van der Waals surface area contributed by atoms with Gasteiger partial charge < -0.3 is 9.90 Å². The lowest BCUT2D eigenvalue weighted by atomic mass is 10.3. The molecule has 0 aliphatic heterocycles. The number of hydrogen-bond acceptors (Lipinski definition) is 2. The molecule has 0 aliphatic rings. The van der Waals surface area contributed by atoms with Crippen LogP contribution in [0.15, 0.2) is 30.3 Å². The topological polar surface area (TPSA) is 69.6 Å². The van der Waals surface area contributed by atoms with Crippen molar-refractivity contribution in [1.29, 1.82) is 0 Å². The zero-order valence-corrected chi connectivity index (χ0v) is 10.2. The second-order valence-electron chi connectivity index (χ2n) is 3.97. The van der Waals surface area contributed by atoms with Gasteiger partial charge in [0.25, 0.3) is 0 Å². The monoisotopic (exact) mass is 227 g/mol. The number of amides is 1. The molecule has 1 aromatic rings. The Morgan fingerprint density at radius 1 is 1.20 bits per heavy atom. The Labute approximate surface area is 90.7 Å². The van der Waals surface area contributed by atoms with Crippen molar-refractivity contribution in [3.05, 3.63) is 30.3 Å². The number of hydrogen-bond donors (Lipinski definition) is 3. The van der Waals surface area contributed by atoms with E-state index in [1.54, 1.807) is 24.3 Å². The summed E-state index contributed by atoms with van der Waals surface area (Å²) in [5.41, 5.74) is 0.593. The van der Waals surface area contributed by atoms with Gasteiger partial charge in [-0.15, -0.1) is 0 Å². The molecule has 0 aromatic heterocycles. The van der Waals surface area contributed by atoms with Crippen LogP contribution in [0.1, 0.15) is 0 Å². The first-order chi connectivity index (χ1) is 6.79. The molecule has 1 amide bonds. The average molecular weight is 227 g/mol. The van der Waals surface area contributed by atoms with Crippen LogP contribution < -0.4 is 5.32 Å². The van der Waals surface area contributed by atoms with Gasteiger partial charge in [-0.3, -0.25) is 5.32 Å². The molecule has 0 atom stereocenters. The van der Waals surface area contributed by atoms with Gasteiger partial charge in [0.1, 0.15) is 0 Å². The Morgan fingerprint density at radius 2 is 1.60 bits per heavy atom. The lowest BCUT2D eigenvalue weighted by Crippen LogP contribution is -2.17. The van der Waals surface area contributed by atoms with Crippen molar-refractivity contribution in [2.75, 3.05) is 5.32 Å². The van der Waals surface area contributed by atoms with Crippen LogP contribution in [0.2, 0.25) is 19.6 Å². The zero-order valence-electron chi connectivity index (χ0n) is 9.19. The van der Waals surface area contributed by atoms with Crippen molar-refractivity contribution < 1.29 is 14.7 Å². The Balaban J connectivity index is 0.000000336. The van der Waals surface area contributed by atoms with Gasteiger partial charge in [0.2, 0.25) is 0 Å². The first-order valence-electron chi connectivity index (χ1n) is 4.56. The lowest BCUT2D eigenvalue weighted by molar-refractivity contribution is 0.210. The zero-order chi connectivity index (χ0) is 11.9. The SMILES string of the molecule is C[Si](C)(C)O.O=C(O)Nc1ccccc1. The number of carboxylic acid groups (broad SMARTS) is 1. The predicted molar refractivity (Wildman–Crippen MR) is 63.7 cm³/mol. The van der Waals surface area contributed by atoms with Gasteiger partial charge in [0, 0.05) is 5.69 Å². The summed E-state index contributed by atoms with van der Waals surface area (Å²) in [7, 11) is -1.61. The molecule has 1 aromatic carbocycles. The highest BCUT2D eigenvalue weighted by molar-refractivity contribution is 6.68. The molecule has 1 rings (SSSR count). The van der Waals surface area contributed by atoms with E-state index < -0.39 is 14.4 Å². The summed E-state index contributed by atoms with van der Waals surface area (Å²) in [6.45, 7) is 5.65. The van der Waals surface area contributed by atoms with Gasteiger partial charge in [-0.2, -0.15) is 0 Å². The van der Waals surface area contributed by atoms with E-state index >= 15 is 0 Å². The molecule has 3 N–H and O–H groups in total. The second kappa shape index (κ2) is 6.21. The third-order valence-electron chi connectivity index (χ3n) is 1.03. The normalized spacial score (nSPS) is 9.87. The number of para-hydroxylation sites is 1. The third-order valence-corrected chi connectivity index (χ3v) is 1.03. The highest BCUT2D eigenvalue weighted by Crippen LogP contribution is 2.03. The molecule has 0 unspecified atom stereocenters. The van der Waals surface area contributed by atoms with Crippen LogP contribution in [0.4, 0.5) is 10.5 Å². The van der Waals surface area contributed by atoms with E-state index in [-0.39, 0.29) is 0 Å². The summed E-state index contributed by atoms with van der Waals surface area (Å²) in [5.74, 6) is 0. The molecule has 0 fully saturated rings. The van der Waals surface area contributed by atoms with Crippen molar-refractivity contribution in [2.24, 2.45) is 0 Å². The molecular weight excluding hydrogens is 210 g/mol. The van der Waals surface area contributed by atoms with E-state index in [1.165, 1.54) is 0 Å². The van der Waals surface area contributed by atoms with Crippen LogP contribution in [0.3, 0.4) is 0 Å². The van der Waals surface area contributed by atoms with Crippen molar-refractivity contribution in [2.45, 2.75) is 19.6 Å². The van der Waals surface area contributed by atoms with Gasteiger partial charge in [0.05, 0.1) is 0 Å². The first kappa shape index (κ1) is 13.7. The number of nitrogens with one attached hydrogen (secondary N) is 1. The fraction of sp³-hybridized carbons (Fsp3) is 0.300. The number of rotatable bonds is 1. The van der Waals surface area contributed by atoms with E-state index in [9.17, 15) is 4.79 Å². The molecular formula is C10H17NO3Si. The molecule has 0 spiro atoms. The van der Waals surface area contributed by atoms with Crippen LogP contribution in [0.5, 0.6) is 0 Å². The van der Waals surface area contributed by atoms with Crippen molar-refractivity contribution in [3.8, 4) is 0 Å². The van der Waals surface area contributed by atoms with Crippen LogP contribution in [0, 0.1) is 0 Å². The smallest absolute Gasteiger partial charge is 0.409 e. The van der Waals surface area contributed by atoms with Crippen LogP contribution in [-0.4, -0.2) is 24.3 Å². The van der Waals surface area contributed by atoms with E-state index in [4.69, 9.17) is 9.90 Å². The lowest BCUT2D eigenvalue weighted by Gasteiger charge is -2.00. The molecule has 5 heteroatoms. The third kappa shape index (κ3) is 12.7. The summed E-state index contributed by atoms with van der Waals surface area (Å²) in [6, 6.07) is 8.74. The predicted octanol–water partition coefficient (Wildman–Crippen LogP) is 2.59. The minimum atomic E-state index is -1.61. The van der Waals surface area contributed by atoms with Gasteiger partial charge >= 0.3 is 6.09 Å². The van der Waals surface area contributed by atoms with E-state index in [1.807, 2.05) is 25.7 Å². The van der Waals surface area contributed by atoms with Crippen LogP contribution in [-0.2, 0) is 0 Å². The standard InChI is InChI=1S/C7H7NO2.C3H10OSi/c9-7(10)8-6-4-2-1-3-5-6;1-5(2,3)4/h1-5,8H,(H,9,10);4H,1-3H3. The van der Waals surface area contributed by atoms with E-state index in [2.05, 4.69) is 5.32 Å². The fourth-order valence-electron chi connectivity index (χ4n) is 0.645. The average Bonchev–Trinajstić information content (AvgIpc) is 2.01. The van der Waals surface area contributed by atoms with Crippen molar-refractivity contribution in [1.82, 2.24) is 0 Å². The highest BCUT2D eigenvalue weighted by atomic mass is 28.4. The van der Waals surface area contributed by atoms with Gasteiger partial charge in [0.15, 0.2) is 8.32 Å². The Bertz CT molecular complexity index is 289. The second-order valence-corrected chi connectivity index (χ2v) is 8.31. The molecule has 0 bridgehead atoms. The van der Waals surface area contributed by atoms with E-state index in [0.717, 1.165) is 0 Å². The quantitative estimate of drug-likeness (QED) is 0.646. The summed E-state index contributed by atoms with van der Waals surface area (Å²) < 4.78 is 0. The molecule has 84 valence electrons. The van der Waals surface area contributed by atoms with Crippen molar-refractivity contribution in [3.63, 3.8) is 0 Å². The molecule has 0 radical (unpaired) electrons. The molecule has 0 heterocycles. The molecule has 0 aliphatic carbocycles. The van der Waals surface area contributed by atoms with Gasteiger partial charge in [-0.25, -0.2) is 4.79 Å². The fourth-order valence-corrected chi connectivity index (χ4v) is 0.645. The van der Waals surface area contributed by atoms with Crippen molar-refractivity contribution >= 4 is 20.1 Å².